The summed E-state index contributed by atoms with van der Waals surface area (Å²) < 4.78 is 34.2. The van der Waals surface area contributed by atoms with Crippen LogP contribution >= 0.6 is 7.82 Å². The number of carbonyl (C=O) groups is 3. The molecule has 0 radical (unpaired) electrons. The lowest BCUT2D eigenvalue weighted by Gasteiger charge is -2.24. The lowest BCUT2D eigenvalue weighted by molar-refractivity contribution is -0.870. The maximum absolute atomic E-state index is 12.6. The Labute approximate surface area is 324 Å². The van der Waals surface area contributed by atoms with Crippen LogP contribution in [0.2, 0.25) is 0 Å². The first-order chi connectivity index (χ1) is 25.4. The highest BCUT2D eigenvalue weighted by molar-refractivity contribution is 7.47. The number of unbranched alkanes of at least 4 members (excludes halogenated alkanes) is 19. The predicted octanol–water partition coefficient (Wildman–Crippen LogP) is 10.8. The Balaban J connectivity index is 4.44. The molecule has 0 spiro atoms. The molecule has 0 aromatic carbocycles. The average molecular weight is 773 g/mol. The van der Waals surface area contributed by atoms with Crippen molar-refractivity contribution in [2.75, 3.05) is 47.5 Å². The first-order valence-electron chi connectivity index (χ1n) is 21.0. The molecular formula is C42H79NO9P+. The van der Waals surface area contributed by atoms with Crippen LogP contribution in [0.25, 0.3) is 0 Å². The van der Waals surface area contributed by atoms with Crippen molar-refractivity contribution in [2.45, 2.75) is 180 Å². The number of esters is 2. The van der Waals surface area contributed by atoms with Gasteiger partial charge < -0.3 is 18.9 Å². The minimum atomic E-state index is -4.39. The van der Waals surface area contributed by atoms with Gasteiger partial charge in [-0.1, -0.05) is 141 Å². The Morgan fingerprint density at radius 1 is 0.623 bits per heavy atom. The molecule has 0 aliphatic heterocycles. The molecular weight excluding hydrogens is 693 g/mol. The van der Waals surface area contributed by atoms with E-state index in [1.807, 2.05) is 33.3 Å². The topological polar surface area (TPSA) is 125 Å². The van der Waals surface area contributed by atoms with Gasteiger partial charge in [-0.2, -0.15) is 0 Å². The van der Waals surface area contributed by atoms with E-state index in [2.05, 4.69) is 19.9 Å². The number of nitrogens with zero attached hydrogens (tertiary/aromatic N) is 1. The number of ketones is 1. The van der Waals surface area contributed by atoms with Gasteiger partial charge in [0.05, 0.1) is 27.7 Å². The minimum Gasteiger partial charge on any atom is -0.462 e. The monoisotopic (exact) mass is 773 g/mol. The Morgan fingerprint density at radius 2 is 1.11 bits per heavy atom. The molecule has 0 rings (SSSR count). The Morgan fingerprint density at radius 3 is 1.68 bits per heavy atom. The summed E-state index contributed by atoms with van der Waals surface area (Å²) in [6.45, 7) is 4.21. The SMILES string of the molecule is CCCCCCCCCCCCCCCC(=O)O[C@H](COC(=O)CCCCCCC/C=C\C=C\C(=O)CCCCC)COP(=O)(O)OCC[N+](C)(C)C. The van der Waals surface area contributed by atoms with E-state index in [4.69, 9.17) is 18.5 Å². The molecule has 0 aliphatic rings. The van der Waals surface area contributed by atoms with Crippen molar-refractivity contribution in [2.24, 2.45) is 0 Å². The molecule has 0 amide bonds. The fourth-order valence-corrected chi connectivity index (χ4v) is 6.32. The highest BCUT2D eigenvalue weighted by Crippen LogP contribution is 2.43. The van der Waals surface area contributed by atoms with Gasteiger partial charge in [0.2, 0.25) is 0 Å². The Hall–Kier alpha value is -1.84. The van der Waals surface area contributed by atoms with Crippen LogP contribution in [0.4, 0.5) is 0 Å². The highest BCUT2D eigenvalue weighted by atomic mass is 31.2. The number of hydrogen-bond acceptors (Lipinski definition) is 8. The van der Waals surface area contributed by atoms with Crippen molar-refractivity contribution in [3.63, 3.8) is 0 Å². The lowest BCUT2D eigenvalue weighted by atomic mass is 10.0. The van der Waals surface area contributed by atoms with E-state index in [9.17, 15) is 23.8 Å². The molecule has 2 atom stereocenters. The fourth-order valence-electron chi connectivity index (χ4n) is 5.58. The number of hydrogen-bond donors (Lipinski definition) is 1. The van der Waals surface area contributed by atoms with Crippen molar-refractivity contribution in [3.05, 3.63) is 24.3 Å². The quantitative estimate of drug-likeness (QED) is 0.0163. The first kappa shape index (κ1) is 51.2. The van der Waals surface area contributed by atoms with E-state index in [0.29, 0.717) is 30.3 Å². The molecule has 0 saturated carbocycles. The smallest absolute Gasteiger partial charge is 0.462 e. The summed E-state index contributed by atoms with van der Waals surface area (Å²) >= 11 is 0. The van der Waals surface area contributed by atoms with Crippen LogP contribution in [0.5, 0.6) is 0 Å². The molecule has 1 N–H and O–H groups in total. The van der Waals surface area contributed by atoms with Crippen LogP contribution < -0.4 is 0 Å². The summed E-state index contributed by atoms with van der Waals surface area (Å²) in [5.74, 6) is -0.676. The van der Waals surface area contributed by atoms with Crippen LogP contribution in [0.1, 0.15) is 174 Å². The van der Waals surface area contributed by atoms with Gasteiger partial charge in [-0.25, -0.2) is 4.57 Å². The zero-order chi connectivity index (χ0) is 39.5. The number of carbonyl (C=O) groups excluding carboxylic acids is 3. The number of allylic oxidation sites excluding steroid dienone is 4. The Bertz CT molecular complexity index is 1020. The number of rotatable bonds is 38. The number of likely N-dealkylation sites (N-methyl/N-ethyl adjacent to an activating group) is 1. The van der Waals surface area contributed by atoms with Crippen molar-refractivity contribution >= 4 is 25.5 Å². The summed E-state index contributed by atoms with van der Waals surface area (Å²) in [5, 5.41) is 0. The highest BCUT2D eigenvalue weighted by Gasteiger charge is 2.27. The van der Waals surface area contributed by atoms with Crippen LogP contribution in [0.15, 0.2) is 24.3 Å². The van der Waals surface area contributed by atoms with Gasteiger partial charge in [0.15, 0.2) is 11.9 Å². The van der Waals surface area contributed by atoms with Crippen LogP contribution in [0.3, 0.4) is 0 Å². The third kappa shape index (κ3) is 38.2. The standard InChI is InChI=1S/C42H78NO9P/c1-6-8-10-11-12-13-14-15-16-19-23-26-30-34-42(46)52-40(38-51-53(47,48)50-36-35-43(3,4)5)37-49-41(45)33-29-25-22-20-17-18-21-24-28-32-39(44)31-27-9-7-2/h21,24,28,32,40H,6-20,22-23,25-27,29-31,33-38H2,1-5H3/p+1/b24-21-,32-28+/t40-/m1/s1. The molecule has 0 aromatic heterocycles. The molecule has 310 valence electrons. The zero-order valence-electron chi connectivity index (χ0n) is 34.5. The Kier molecular flexibility index (Phi) is 33.4. The van der Waals surface area contributed by atoms with E-state index in [1.165, 1.54) is 57.8 Å². The predicted molar refractivity (Wildman–Crippen MR) is 216 cm³/mol. The maximum atomic E-state index is 12.6. The second-order valence-corrected chi connectivity index (χ2v) is 16.9. The maximum Gasteiger partial charge on any atom is 0.472 e. The molecule has 0 bridgehead atoms. The number of phosphoric acid groups is 1. The molecule has 0 aromatic rings. The van der Waals surface area contributed by atoms with E-state index < -0.39 is 32.5 Å². The van der Waals surface area contributed by atoms with Gasteiger partial charge >= 0.3 is 19.8 Å². The number of ether oxygens (including phenoxy) is 2. The molecule has 11 heteroatoms. The summed E-state index contributed by atoms with van der Waals surface area (Å²) in [6.07, 6.45) is 32.0. The van der Waals surface area contributed by atoms with E-state index in [-0.39, 0.29) is 31.8 Å². The lowest BCUT2D eigenvalue weighted by Crippen LogP contribution is -2.37. The van der Waals surface area contributed by atoms with Gasteiger partial charge in [0.1, 0.15) is 19.8 Å². The second kappa shape index (κ2) is 34.6. The average Bonchev–Trinajstić information content (AvgIpc) is 3.09. The van der Waals surface area contributed by atoms with Crippen LogP contribution in [0, 0.1) is 0 Å². The van der Waals surface area contributed by atoms with E-state index >= 15 is 0 Å². The van der Waals surface area contributed by atoms with Crippen LogP contribution in [-0.2, 0) is 37.5 Å². The van der Waals surface area contributed by atoms with Crippen molar-refractivity contribution in [1.82, 2.24) is 0 Å². The van der Waals surface area contributed by atoms with Crippen LogP contribution in [-0.4, -0.2) is 80.7 Å². The van der Waals surface area contributed by atoms with Gasteiger partial charge in [0, 0.05) is 19.3 Å². The van der Waals surface area contributed by atoms with Crippen molar-refractivity contribution in [3.8, 4) is 0 Å². The normalized spacial score (nSPS) is 13.8. The minimum absolute atomic E-state index is 0.0191. The summed E-state index contributed by atoms with van der Waals surface area (Å²) in [7, 11) is 1.43. The summed E-state index contributed by atoms with van der Waals surface area (Å²) in [6, 6.07) is 0. The molecule has 10 nitrogen and oxygen atoms in total. The molecule has 0 aliphatic carbocycles. The largest absolute Gasteiger partial charge is 0.472 e. The van der Waals surface area contributed by atoms with E-state index in [1.54, 1.807) is 6.08 Å². The first-order valence-corrected chi connectivity index (χ1v) is 22.5. The fraction of sp³-hybridized carbons (Fsp3) is 0.833. The van der Waals surface area contributed by atoms with Gasteiger partial charge in [-0.3, -0.25) is 23.4 Å². The molecule has 0 heterocycles. The zero-order valence-corrected chi connectivity index (χ0v) is 35.4. The van der Waals surface area contributed by atoms with Gasteiger partial charge in [-0.05, 0) is 38.2 Å². The van der Waals surface area contributed by atoms with Crippen molar-refractivity contribution in [1.29, 1.82) is 0 Å². The van der Waals surface area contributed by atoms with E-state index in [0.717, 1.165) is 70.6 Å². The van der Waals surface area contributed by atoms with Crippen molar-refractivity contribution < 1.29 is 46.8 Å². The molecule has 1 unspecified atom stereocenters. The molecule has 0 fully saturated rings. The summed E-state index contributed by atoms with van der Waals surface area (Å²) in [4.78, 5) is 47.0. The molecule has 0 saturated heterocycles. The second-order valence-electron chi connectivity index (χ2n) is 15.4. The third-order valence-corrected chi connectivity index (χ3v) is 9.94. The van der Waals surface area contributed by atoms with Gasteiger partial charge in [-0.15, -0.1) is 0 Å². The number of quaternary nitrogens is 1. The number of phosphoric ester groups is 1. The third-order valence-electron chi connectivity index (χ3n) is 8.96. The van der Waals surface area contributed by atoms with Gasteiger partial charge in [0.25, 0.3) is 0 Å². The summed E-state index contributed by atoms with van der Waals surface area (Å²) in [5.41, 5.74) is 0. The molecule has 53 heavy (non-hydrogen) atoms.